The van der Waals surface area contributed by atoms with E-state index in [0.29, 0.717) is 27.7 Å². The molecular weight excluding hydrogens is 404 g/mol. The van der Waals surface area contributed by atoms with E-state index in [4.69, 9.17) is 11.6 Å². The number of benzene rings is 1. The second-order valence-electron chi connectivity index (χ2n) is 7.22. The van der Waals surface area contributed by atoms with Crippen molar-refractivity contribution in [3.8, 4) is 0 Å². The van der Waals surface area contributed by atoms with Gasteiger partial charge in [-0.15, -0.1) is 11.3 Å². The van der Waals surface area contributed by atoms with Gasteiger partial charge in [0.25, 0.3) is 10.0 Å². The standard InChI is InChI=1S/C18H23ClN4O2S2/c1-12-9-15(21-11-13-4-7-23-6-2-3-16(13)23)14(19)10-17(12)27(24,25)22-18-20-5-8-26-18/h5,8-10,13,16,21H,2-4,6-7,11H2,1H3,(H,20,22)/t13-,16?/m0/s1. The average Bonchev–Trinajstić information content (AvgIpc) is 3.33. The smallest absolute Gasteiger partial charge is 0.263 e. The molecule has 2 saturated heterocycles. The van der Waals surface area contributed by atoms with Gasteiger partial charge in [0, 0.05) is 24.2 Å². The van der Waals surface area contributed by atoms with Crippen LogP contribution in [0.1, 0.15) is 24.8 Å². The Hall–Kier alpha value is -1.35. The van der Waals surface area contributed by atoms with Gasteiger partial charge in [0.2, 0.25) is 0 Å². The van der Waals surface area contributed by atoms with Crippen molar-refractivity contribution < 1.29 is 8.42 Å². The molecule has 2 atom stereocenters. The molecule has 2 fully saturated rings. The summed E-state index contributed by atoms with van der Waals surface area (Å²) in [6, 6.07) is 4.02. The predicted octanol–water partition coefficient (Wildman–Crippen LogP) is 3.80. The van der Waals surface area contributed by atoms with Crippen molar-refractivity contribution in [2.24, 2.45) is 5.92 Å². The van der Waals surface area contributed by atoms with E-state index in [1.54, 1.807) is 18.5 Å². The van der Waals surface area contributed by atoms with Crippen molar-refractivity contribution in [2.45, 2.75) is 37.1 Å². The Balaban J connectivity index is 1.48. The van der Waals surface area contributed by atoms with Crippen LogP contribution in [0.3, 0.4) is 0 Å². The van der Waals surface area contributed by atoms with Gasteiger partial charge in [0.1, 0.15) is 0 Å². The van der Waals surface area contributed by atoms with Gasteiger partial charge in [-0.3, -0.25) is 4.72 Å². The second-order valence-corrected chi connectivity index (χ2v) is 10.2. The van der Waals surface area contributed by atoms with Gasteiger partial charge in [-0.2, -0.15) is 0 Å². The summed E-state index contributed by atoms with van der Waals surface area (Å²) in [7, 11) is -3.72. The van der Waals surface area contributed by atoms with Crippen LogP contribution in [0.2, 0.25) is 5.02 Å². The number of nitrogens with one attached hydrogen (secondary N) is 2. The first-order valence-electron chi connectivity index (χ1n) is 9.14. The monoisotopic (exact) mass is 426 g/mol. The minimum absolute atomic E-state index is 0.177. The molecule has 0 spiro atoms. The molecule has 2 aromatic rings. The number of anilines is 2. The van der Waals surface area contributed by atoms with E-state index in [2.05, 4.69) is 19.9 Å². The molecule has 0 radical (unpaired) electrons. The van der Waals surface area contributed by atoms with E-state index < -0.39 is 10.0 Å². The maximum atomic E-state index is 12.6. The first kappa shape index (κ1) is 19.0. The normalized spacial score (nSPS) is 22.7. The van der Waals surface area contributed by atoms with Crippen LogP contribution in [0.25, 0.3) is 0 Å². The maximum absolute atomic E-state index is 12.6. The van der Waals surface area contributed by atoms with Crippen molar-refractivity contribution in [1.82, 2.24) is 9.88 Å². The summed E-state index contributed by atoms with van der Waals surface area (Å²) in [5, 5.41) is 5.93. The highest BCUT2D eigenvalue weighted by atomic mass is 35.5. The first-order chi connectivity index (χ1) is 12.9. The molecular formula is C18H23ClN4O2S2. The number of rotatable bonds is 6. The van der Waals surface area contributed by atoms with Crippen LogP contribution in [0.4, 0.5) is 10.8 Å². The number of fused-ring (bicyclic) bond motifs is 1. The number of sulfonamides is 1. The number of aryl methyl sites for hydroxylation is 1. The summed E-state index contributed by atoms with van der Waals surface area (Å²) < 4.78 is 27.8. The second kappa shape index (κ2) is 7.58. The zero-order valence-corrected chi connectivity index (χ0v) is 17.5. The Morgan fingerprint density at radius 2 is 2.19 bits per heavy atom. The van der Waals surface area contributed by atoms with Gasteiger partial charge in [0.05, 0.1) is 15.6 Å². The minimum atomic E-state index is -3.72. The Morgan fingerprint density at radius 3 is 2.96 bits per heavy atom. The van der Waals surface area contributed by atoms with Gasteiger partial charge >= 0.3 is 0 Å². The summed E-state index contributed by atoms with van der Waals surface area (Å²) >= 11 is 7.64. The molecule has 9 heteroatoms. The van der Waals surface area contributed by atoms with Crippen LogP contribution in [0.5, 0.6) is 0 Å². The Labute approximate surface area is 169 Å². The minimum Gasteiger partial charge on any atom is -0.383 e. The Bertz CT molecular complexity index is 918. The van der Waals surface area contributed by atoms with E-state index in [-0.39, 0.29) is 4.90 Å². The molecule has 2 aliphatic rings. The number of aromatic nitrogens is 1. The van der Waals surface area contributed by atoms with E-state index in [1.165, 1.54) is 49.8 Å². The van der Waals surface area contributed by atoms with Gasteiger partial charge in [-0.25, -0.2) is 13.4 Å². The molecule has 146 valence electrons. The van der Waals surface area contributed by atoms with Gasteiger partial charge in [0.15, 0.2) is 5.13 Å². The zero-order valence-electron chi connectivity index (χ0n) is 15.1. The highest BCUT2D eigenvalue weighted by Crippen LogP contribution is 2.34. The third-order valence-electron chi connectivity index (χ3n) is 5.51. The van der Waals surface area contributed by atoms with Crippen molar-refractivity contribution in [3.05, 3.63) is 34.3 Å². The topological polar surface area (TPSA) is 74.3 Å². The molecule has 6 nitrogen and oxygen atoms in total. The zero-order chi connectivity index (χ0) is 19.0. The highest BCUT2D eigenvalue weighted by Gasteiger charge is 2.36. The van der Waals surface area contributed by atoms with Crippen LogP contribution < -0.4 is 10.0 Å². The fraction of sp³-hybridized carbons (Fsp3) is 0.500. The van der Waals surface area contributed by atoms with Crippen molar-refractivity contribution in [3.63, 3.8) is 0 Å². The fourth-order valence-corrected chi connectivity index (χ4v) is 6.54. The number of hydrogen-bond donors (Lipinski definition) is 2. The Kier molecular flexibility index (Phi) is 5.33. The van der Waals surface area contributed by atoms with E-state index in [0.717, 1.165) is 12.2 Å². The third kappa shape index (κ3) is 3.94. The lowest BCUT2D eigenvalue weighted by Crippen LogP contribution is -2.29. The first-order valence-corrected chi connectivity index (χ1v) is 11.9. The molecule has 2 aliphatic heterocycles. The molecule has 4 rings (SSSR count). The lowest BCUT2D eigenvalue weighted by atomic mass is 9.98. The molecule has 0 amide bonds. The SMILES string of the molecule is Cc1cc(NC[C@@H]2CCN3CCCC23)c(Cl)cc1S(=O)(=O)Nc1nccs1. The van der Waals surface area contributed by atoms with Crippen LogP contribution in [-0.2, 0) is 10.0 Å². The van der Waals surface area contributed by atoms with E-state index >= 15 is 0 Å². The van der Waals surface area contributed by atoms with Crippen molar-refractivity contribution >= 4 is 43.8 Å². The Morgan fingerprint density at radius 1 is 1.33 bits per heavy atom. The molecule has 1 aromatic heterocycles. The molecule has 0 saturated carbocycles. The lowest BCUT2D eigenvalue weighted by molar-refractivity contribution is 0.295. The molecule has 1 aromatic carbocycles. The quantitative estimate of drug-likeness (QED) is 0.734. The van der Waals surface area contributed by atoms with Crippen LogP contribution in [-0.4, -0.2) is 44.0 Å². The average molecular weight is 427 g/mol. The van der Waals surface area contributed by atoms with Gasteiger partial charge < -0.3 is 10.2 Å². The summed E-state index contributed by atoms with van der Waals surface area (Å²) in [5.74, 6) is 0.624. The number of thiazole rings is 1. The third-order valence-corrected chi connectivity index (χ3v) is 8.12. The molecule has 27 heavy (non-hydrogen) atoms. The number of halogens is 1. The fourth-order valence-electron chi connectivity index (χ4n) is 4.20. The molecule has 0 bridgehead atoms. The molecule has 0 aliphatic carbocycles. The van der Waals surface area contributed by atoms with E-state index in [1.807, 2.05) is 6.07 Å². The van der Waals surface area contributed by atoms with Crippen LogP contribution >= 0.6 is 22.9 Å². The summed E-state index contributed by atoms with van der Waals surface area (Å²) in [5.41, 5.74) is 1.44. The largest absolute Gasteiger partial charge is 0.383 e. The maximum Gasteiger partial charge on any atom is 0.263 e. The van der Waals surface area contributed by atoms with Crippen LogP contribution in [0, 0.1) is 12.8 Å². The van der Waals surface area contributed by atoms with Crippen molar-refractivity contribution in [1.29, 1.82) is 0 Å². The van der Waals surface area contributed by atoms with Crippen LogP contribution in [0.15, 0.2) is 28.6 Å². The number of hydrogen-bond acceptors (Lipinski definition) is 6. The van der Waals surface area contributed by atoms with E-state index in [9.17, 15) is 8.42 Å². The van der Waals surface area contributed by atoms with Gasteiger partial charge in [-0.1, -0.05) is 11.6 Å². The summed E-state index contributed by atoms with van der Waals surface area (Å²) in [4.78, 5) is 6.73. The lowest BCUT2D eigenvalue weighted by Gasteiger charge is -2.21. The number of nitrogens with zero attached hydrogens (tertiary/aromatic N) is 2. The van der Waals surface area contributed by atoms with Gasteiger partial charge in [-0.05, 0) is 62.9 Å². The molecule has 1 unspecified atom stereocenters. The molecule has 2 N–H and O–H groups in total. The molecule has 3 heterocycles. The van der Waals surface area contributed by atoms with Crippen molar-refractivity contribution in [2.75, 3.05) is 29.7 Å². The predicted molar refractivity (Wildman–Crippen MR) is 110 cm³/mol. The summed E-state index contributed by atoms with van der Waals surface area (Å²) in [6.45, 7) is 5.05. The summed E-state index contributed by atoms with van der Waals surface area (Å²) in [6.07, 6.45) is 5.33. The highest BCUT2D eigenvalue weighted by molar-refractivity contribution is 7.93.